The highest BCUT2D eigenvalue weighted by atomic mass is 19.4. The molecular formula is C23H18F3N3O3. The minimum Gasteiger partial charge on any atom is -0.457 e. The molecule has 2 amide bonds. The number of nitrogens with zero attached hydrogens (tertiary/aromatic N) is 1. The third-order valence-corrected chi connectivity index (χ3v) is 4.21. The lowest BCUT2D eigenvalue weighted by molar-refractivity contribution is -0.137. The van der Waals surface area contributed by atoms with Crippen molar-refractivity contribution in [3.63, 3.8) is 0 Å². The topological polar surface area (TPSA) is 80.3 Å². The second kappa shape index (κ2) is 9.78. The van der Waals surface area contributed by atoms with Crippen LogP contribution in [-0.2, 0) is 11.0 Å². The average molecular weight is 441 g/mol. The molecule has 0 aliphatic rings. The van der Waals surface area contributed by atoms with Gasteiger partial charge in [-0.2, -0.15) is 13.2 Å². The van der Waals surface area contributed by atoms with Crippen molar-refractivity contribution in [1.29, 1.82) is 0 Å². The molecule has 3 rings (SSSR count). The van der Waals surface area contributed by atoms with Crippen molar-refractivity contribution in [2.45, 2.75) is 6.18 Å². The van der Waals surface area contributed by atoms with Gasteiger partial charge in [0.25, 0.3) is 5.91 Å². The van der Waals surface area contributed by atoms with Crippen LogP contribution in [0.4, 0.5) is 18.9 Å². The van der Waals surface area contributed by atoms with E-state index in [-0.39, 0.29) is 11.6 Å². The number of rotatable bonds is 6. The summed E-state index contributed by atoms with van der Waals surface area (Å²) >= 11 is 0. The van der Waals surface area contributed by atoms with Crippen molar-refractivity contribution in [1.82, 2.24) is 10.3 Å². The van der Waals surface area contributed by atoms with Crippen LogP contribution in [0.3, 0.4) is 0 Å². The van der Waals surface area contributed by atoms with Crippen molar-refractivity contribution < 1.29 is 27.5 Å². The number of benzene rings is 2. The predicted octanol–water partition coefficient (Wildman–Crippen LogP) is 4.90. The van der Waals surface area contributed by atoms with Gasteiger partial charge in [-0.15, -0.1) is 0 Å². The number of pyridine rings is 1. The third-order valence-electron chi connectivity index (χ3n) is 4.21. The summed E-state index contributed by atoms with van der Waals surface area (Å²) in [4.78, 5) is 27.7. The molecule has 3 aromatic rings. The maximum Gasteiger partial charge on any atom is 0.416 e. The number of ether oxygens (including phenoxy) is 1. The summed E-state index contributed by atoms with van der Waals surface area (Å²) in [6.07, 6.45) is -0.304. The fraction of sp³-hybridized carbons (Fsp3) is 0.0870. The molecule has 9 heteroatoms. The van der Waals surface area contributed by atoms with Crippen molar-refractivity contribution in [3.05, 3.63) is 89.8 Å². The number of carbonyl (C=O) groups excluding carboxylic acids is 2. The Morgan fingerprint density at radius 3 is 2.28 bits per heavy atom. The number of carbonyl (C=O) groups is 2. The van der Waals surface area contributed by atoms with E-state index in [0.717, 1.165) is 12.1 Å². The lowest BCUT2D eigenvalue weighted by Gasteiger charge is -2.08. The summed E-state index contributed by atoms with van der Waals surface area (Å²) in [6.45, 7) is 0. The molecule has 0 saturated heterocycles. The van der Waals surface area contributed by atoms with Gasteiger partial charge in [-0.25, -0.2) is 0 Å². The predicted molar refractivity (Wildman–Crippen MR) is 113 cm³/mol. The smallest absolute Gasteiger partial charge is 0.416 e. The first-order valence-electron chi connectivity index (χ1n) is 9.37. The molecule has 0 bridgehead atoms. The lowest BCUT2D eigenvalue weighted by Crippen LogP contribution is -2.18. The van der Waals surface area contributed by atoms with E-state index in [2.05, 4.69) is 15.6 Å². The first kappa shape index (κ1) is 22.5. The molecule has 6 nitrogen and oxygen atoms in total. The molecule has 0 saturated carbocycles. The first-order chi connectivity index (χ1) is 15.2. The van der Waals surface area contributed by atoms with Gasteiger partial charge in [-0.05, 0) is 54.1 Å². The molecule has 2 aromatic carbocycles. The Kier molecular flexibility index (Phi) is 6.89. The van der Waals surface area contributed by atoms with E-state index < -0.39 is 17.6 Å². The molecule has 0 aliphatic carbocycles. The van der Waals surface area contributed by atoms with E-state index in [1.807, 2.05) is 0 Å². The number of aromatic nitrogens is 1. The molecule has 2 N–H and O–H groups in total. The molecule has 0 aliphatic heterocycles. The van der Waals surface area contributed by atoms with Gasteiger partial charge in [0, 0.05) is 31.1 Å². The standard InChI is InChI=1S/C23H18F3N3O3/c1-27-22(31)20-14-19(12-13-28-20)32-18-9-7-17(8-10-18)29-21(30)11-4-15-2-5-16(6-3-15)23(24,25)26/h2-14H,1H3,(H,27,31)(H,29,30). The van der Waals surface area contributed by atoms with Crippen LogP contribution in [0.5, 0.6) is 11.5 Å². The molecule has 0 fully saturated rings. The summed E-state index contributed by atoms with van der Waals surface area (Å²) in [6, 6.07) is 14.1. The zero-order valence-corrected chi connectivity index (χ0v) is 16.8. The van der Waals surface area contributed by atoms with Crippen LogP contribution in [0, 0.1) is 0 Å². The van der Waals surface area contributed by atoms with E-state index >= 15 is 0 Å². The quantitative estimate of drug-likeness (QED) is 0.533. The highest BCUT2D eigenvalue weighted by Crippen LogP contribution is 2.29. The van der Waals surface area contributed by atoms with E-state index in [1.165, 1.54) is 43.6 Å². The Bertz CT molecular complexity index is 1130. The summed E-state index contributed by atoms with van der Waals surface area (Å²) < 4.78 is 43.4. The van der Waals surface area contributed by atoms with Crippen LogP contribution >= 0.6 is 0 Å². The number of anilines is 1. The highest BCUT2D eigenvalue weighted by Gasteiger charge is 2.29. The van der Waals surface area contributed by atoms with Crippen molar-refractivity contribution >= 4 is 23.6 Å². The summed E-state index contributed by atoms with van der Waals surface area (Å²) in [7, 11) is 1.50. The van der Waals surface area contributed by atoms with Gasteiger partial charge in [0.05, 0.1) is 5.56 Å². The van der Waals surface area contributed by atoms with Gasteiger partial charge < -0.3 is 15.4 Å². The third kappa shape index (κ3) is 6.18. The van der Waals surface area contributed by atoms with E-state index in [4.69, 9.17) is 4.74 Å². The molecule has 1 aromatic heterocycles. The zero-order valence-electron chi connectivity index (χ0n) is 16.8. The molecule has 0 radical (unpaired) electrons. The molecule has 0 atom stereocenters. The van der Waals surface area contributed by atoms with E-state index in [0.29, 0.717) is 22.7 Å². The largest absolute Gasteiger partial charge is 0.457 e. The first-order valence-corrected chi connectivity index (χ1v) is 9.37. The van der Waals surface area contributed by atoms with Gasteiger partial charge in [-0.3, -0.25) is 14.6 Å². The van der Waals surface area contributed by atoms with Crippen LogP contribution in [0.25, 0.3) is 6.08 Å². The number of halogens is 3. The van der Waals surface area contributed by atoms with Crippen molar-refractivity contribution in [2.24, 2.45) is 0 Å². The average Bonchev–Trinajstić information content (AvgIpc) is 2.78. The summed E-state index contributed by atoms with van der Waals surface area (Å²) in [5.41, 5.74) is 0.428. The van der Waals surface area contributed by atoms with Gasteiger partial charge in [0.1, 0.15) is 17.2 Å². The van der Waals surface area contributed by atoms with Gasteiger partial charge >= 0.3 is 6.18 Å². The Balaban J connectivity index is 1.58. The van der Waals surface area contributed by atoms with Crippen molar-refractivity contribution in [2.75, 3.05) is 12.4 Å². The molecule has 32 heavy (non-hydrogen) atoms. The Hall–Kier alpha value is -4.14. The minimum atomic E-state index is -4.40. The number of hydrogen-bond donors (Lipinski definition) is 2. The fourth-order valence-electron chi connectivity index (χ4n) is 2.61. The number of alkyl halides is 3. The second-order valence-electron chi connectivity index (χ2n) is 6.52. The van der Waals surface area contributed by atoms with Crippen LogP contribution in [0.1, 0.15) is 21.6 Å². The zero-order chi connectivity index (χ0) is 23.1. The highest BCUT2D eigenvalue weighted by molar-refractivity contribution is 6.01. The van der Waals surface area contributed by atoms with Crippen LogP contribution in [0.15, 0.2) is 72.9 Å². The van der Waals surface area contributed by atoms with E-state index in [1.54, 1.807) is 30.3 Å². The van der Waals surface area contributed by atoms with Gasteiger partial charge in [-0.1, -0.05) is 12.1 Å². The second-order valence-corrected chi connectivity index (χ2v) is 6.52. The van der Waals surface area contributed by atoms with Crippen LogP contribution < -0.4 is 15.4 Å². The minimum absolute atomic E-state index is 0.216. The molecule has 0 unspecified atom stereocenters. The summed E-state index contributed by atoms with van der Waals surface area (Å²) in [5.74, 6) is 0.132. The molecule has 1 heterocycles. The Morgan fingerprint density at radius 1 is 0.969 bits per heavy atom. The molecular weight excluding hydrogens is 423 g/mol. The number of hydrogen-bond acceptors (Lipinski definition) is 4. The summed E-state index contributed by atoms with van der Waals surface area (Å²) in [5, 5.41) is 5.13. The van der Waals surface area contributed by atoms with E-state index in [9.17, 15) is 22.8 Å². The number of amides is 2. The molecule has 0 spiro atoms. The number of nitrogens with one attached hydrogen (secondary N) is 2. The van der Waals surface area contributed by atoms with Crippen LogP contribution in [0.2, 0.25) is 0 Å². The Morgan fingerprint density at radius 2 is 1.66 bits per heavy atom. The van der Waals surface area contributed by atoms with Crippen molar-refractivity contribution in [3.8, 4) is 11.5 Å². The van der Waals surface area contributed by atoms with Crippen LogP contribution in [-0.4, -0.2) is 23.8 Å². The normalized spacial score (nSPS) is 11.2. The Labute approximate surface area is 181 Å². The lowest BCUT2D eigenvalue weighted by atomic mass is 10.1. The SMILES string of the molecule is CNC(=O)c1cc(Oc2ccc(NC(=O)C=Cc3ccc(C(F)(F)F)cc3)cc2)ccn1. The fourth-order valence-corrected chi connectivity index (χ4v) is 2.61. The maximum absolute atomic E-state index is 12.6. The maximum atomic E-state index is 12.6. The monoisotopic (exact) mass is 441 g/mol. The van der Waals surface area contributed by atoms with Gasteiger partial charge in [0.2, 0.25) is 5.91 Å². The molecule has 164 valence electrons. The van der Waals surface area contributed by atoms with Gasteiger partial charge in [0.15, 0.2) is 0 Å².